The van der Waals surface area contributed by atoms with Gasteiger partial charge in [0.25, 0.3) is 0 Å². The van der Waals surface area contributed by atoms with Crippen molar-refractivity contribution in [2.24, 2.45) is 0 Å². The molecule has 1 aromatic carbocycles. The Balaban J connectivity index is 1.61. The molecule has 3 heterocycles. The van der Waals surface area contributed by atoms with Gasteiger partial charge in [-0.05, 0) is 50.6 Å². The minimum atomic E-state index is 0.0398. The minimum Gasteiger partial charge on any atom is -0.497 e. The third-order valence-corrected chi connectivity index (χ3v) is 4.73. The highest BCUT2D eigenvalue weighted by Gasteiger charge is 2.16. The van der Waals surface area contributed by atoms with Gasteiger partial charge < -0.3 is 10.1 Å². The van der Waals surface area contributed by atoms with Crippen LogP contribution in [0, 0.1) is 13.8 Å². The molecule has 1 atom stereocenters. The van der Waals surface area contributed by atoms with E-state index in [0.717, 1.165) is 33.9 Å². The van der Waals surface area contributed by atoms with Crippen molar-refractivity contribution in [3.05, 3.63) is 59.8 Å². The Morgan fingerprint density at radius 3 is 2.67 bits per heavy atom. The Hall–Kier alpha value is -3.42. The number of rotatable bonds is 5. The highest BCUT2D eigenvalue weighted by molar-refractivity contribution is 5.71. The van der Waals surface area contributed by atoms with E-state index < -0.39 is 0 Å². The lowest BCUT2D eigenvalue weighted by Crippen LogP contribution is -2.11. The largest absolute Gasteiger partial charge is 0.497 e. The third-order valence-electron chi connectivity index (χ3n) is 4.73. The molecule has 1 N–H and O–H groups in total. The molecule has 0 amide bonds. The van der Waals surface area contributed by atoms with E-state index in [4.69, 9.17) is 4.74 Å². The summed E-state index contributed by atoms with van der Waals surface area (Å²) in [6.07, 6.45) is 5.50. The van der Waals surface area contributed by atoms with Gasteiger partial charge in [0.2, 0.25) is 5.65 Å². The summed E-state index contributed by atoms with van der Waals surface area (Å²) in [6, 6.07) is 7.83. The topological polar surface area (TPSA) is 82.2 Å². The first kappa shape index (κ1) is 17.0. The summed E-state index contributed by atoms with van der Waals surface area (Å²) >= 11 is 0. The second-order valence-electron chi connectivity index (χ2n) is 6.47. The van der Waals surface area contributed by atoms with Crippen LogP contribution in [-0.2, 0) is 0 Å². The maximum Gasteiger partial charge on any atom is 0.200 e. The van der Waals surface area contributed by atoms with E-state index in [9.17, 15) is 0 Å². The van der Waals surface area contributed by atoms with Crippen LogP contribution in [-0.4, -0.2) is 36.7 Å². The number of hydrogen-bond acceptors (Lipinski definition) is 6. The van der Waals surface area contributed by atoms with E-state index in [1.54, 1.807) is 18.0 Å². The number of methoxy groups -OCH3 is 1. The highest BCUT2D eigenvalue weighted by atomic mass is 16.5. The van der Waals surface area contributed by atoms with Crippen LogP contribution in [0.15, 0.2) is 43.0 Å². The normalized spacial score (nSPS) is 12.3. The van der Waals surface area contributed by atoms with Crippen molar-refractivity contribution in [2.45, 2.75) is 26.8 Å². The molecule has 8 nitrogen and oxygen atoms in total. The number of fused-ring (bicyclic) bond motifs is 1. The summed E-state index contributed by atoms with van der Waals surface area (Å²) < 4.78 is 8.75. The van der Waals surface area contributed by atoms with E-state index in [1.807, 2.05) is 55.2 Å². The van der Waals surface area contributed by atoms with Crippen LogP contribution in [0.3, 0.4) is 0 Å². The molecular weight excluding hydrogens is 342 g/mol. The van der Waals surface area contributed by atoms with Gasteiger partial charge in [-0.2, -0.15) is 14.7 Å². The Kier molecular flexibility index (Phi) is 4.23. The molecule has 8 heteroatoms. The Bertz CT molecular complexity index is 1080. The number of benzene rings is 1. The number of anilines is 1. The lowest BCUT2D eigenvalue weighted by Gasteiger charge is -2.17. The Morgan fingerprint density at radius 2 is 1.93 bits per heavy atom. The second kappa shape index (κ2) is 6.71. The lowest BCUT2D eigenvalue weighted by atomic mass is 10.1. The zero-order valence-corrected chi connectivity index (χ0v) is 15.7. The van der Waals surface area contributed by atoms with Gasteiger partial charge in [-0.15, -0.1) is 10.2 Å². The van der Waals surface area contributed by atoms with E-state index >= 15 is 0 Å². The predicted octanol–water partition coefficient (Wildman–Crippen LogP) is 3.11. The number of ether oxygens (including phenoxy) is 1. The number of aromatic nitrogens is 6. The fourth-order valence-corrected chi connectivity index (χ4v) is 2.96. The van der Waals surface area contributed by atoms with Crippen LogP contribution < -0.4 is 10.1 Å². The molecule has 0 saturated carbocycles. The van der Waals surface area contributed by atoms with Crippen LogP contribution in [0.25, 0.3) is 11.3 Å². The van der Waals surface area contributed by atoms with Crippen LogP contribution >= 0.6 is 0 Å². The molecule has 0 fully saturated rings. The fourth-order valence-electron chi connectivity index (χ4n) is 2.96. The maximum atomic E-state index is 5.21. The SMILES string of the molecule is COc1ccc(-n2cc(C(C)Nc3c(C)c(C)nn4cnnc34)cn2)cc1. The monoisotopic (exact) mass is 363 g/mol. The van der Waals surface area contributed by atoms with Gasteiger partial charge in [0.05, 0.1) is 36.4 Å². The average Bonchev–Trinajstić information content (AvgIpc) is 3.35. The lowest BCUT2D eigenvalue weighted by molar-refractivity contribution is 0.414. The van der Waals surface area contributed by atoms with Gasteiger partial charge in [-0.25, -0.2) is 4.68 Å². The standard InChI is InChI=1S/C19H21N7O/c1-12-13(2)24-26-11-20-23-19(26)18(12)22-14(3)15-9-21-25(10-15)16-5-7-17(27-4)8-6-16/h5-11,14,22H,1-4H3. The van der Waals surface area contributed by atoms with Gasteiger partial charge in [-0.1, -0.05) is 0 Å². The summed E-state index contributed by atoms with van der Waals surface area (Å²) in [4.78, 5) is 0. The summed E-state index contributed by atoms with van der Waals surface area (Å²) in [5.74, 6) is 0.821. The Labute approximate surface area is 156 Å². The second-order valence-corrected chi connectivity index (χ2v) is 6.47. The average molecular weight is 363 g/mol. The molecule has 4 aromatic rings. The quantitative estimate of drug-likeness (QED) is 0.587. The first-order chi connectivity index (χ1) is 13.1. The first-order valence-electron chi connectivity index (χ1n) is 8.69. The van der Waals surface area contributed by atoms with Crippen LogP contribution in [0.4, 0.5) is 5.69 Å². The molecule has 1 unspecified atom stereocenters. The summed E-state index contributed by atoms with van der Waals surface area (Å²) in [5, 5.41) is 20.6. The molecule has 27 heavy (non-hydrogen) atoms. The van der Waals surface area contributed by atoms with Crippen molar-refractivity contribution < 1.29 is 4.74 Å². The Morgan fingerprint density at radius 1 is 1.15 bits per heavy atom. The molecule has 0 spiro atoms. The summed E-state index contributed by atoms with van der Waals surface area (Å²) in [7, 11) is 1.66. The minimum absolute atomic E-state index is 0.0398. The van der Waals surface area contributed by atoms with Crippen LogP contribution in [0.2, 0.25) is 0 Å². The third kappa shape index (κ3) is 3.10. The maximum absolute atomic E-state index is 5.21. The highest BCUT2D eigenvalue weighted by Crippen LogP contribution is 2.27. The van der Waals surface area contributed by atoms with Crippen molar-refractivity contribution >= 4 is 11.3 Å². The van der Waals surface area contributed by atoms with Gasteiger partial charge in [-0.3, -0.25) is 0 Å². The van der Waals surface area contributed by atoms with Gasteiger partial charge >= 0.3 is 0 Å². The van der Waals surface area contributed by atoms with E-state index in [0.29, 0.717) is 5.65 Å². The van der Waals surface area contributed by atoms with Crippen LogP contribution in [0.1, 0.15) is 29.8 Å². The molecule has 4 rings (SSSR count). The van der Waals surface area contributed by atoms with E-state index in [-0.39, 0.29) is 6.04 Å². The van der Waals surface area contributed by atoms with Gasteiger partial charge in [0, 0.05) is 11.8 Å². The van der Waals surface area contributed by atoms with Crippen LogP contribution in [0.5, 0.6) is 5.75 Å². The number of nitrogens with one attached hydrogen (secondary N) is 1. The van der Waals surface area contributed by atoms with Gasteiger partial charge in [0.15, 0.2) is 0 Å². The zero-order valence-electron chi connectivity index (χ0n) is 15.7. The first-order valence-corrected chi connectivity index (χ1v) is 8.69. The molecule has 0 radical (unpaired) electrons. The summed E-state index contributed by atoms with van der Waals surface area (Å²) in [5.41, 5.74) is 5.69. The smallest absolute Gasteiger partial charge is 0.200 e. The molecule has 0 saturated heterocycles. The molecule has 0 aliphatic rings. The number of hydrogen-bond donors (Lipinski definition) is 1. The van der Waals surface area contributed by atoms with E-state index in [2.05, 4.69) is 32.6 Å². The zero-order chi connectivity index (χ0) is 19.0. The predicted molar refractivity (Wildman–Crippen MR) is 102 cm³/mol. The number of nitrogens with zero attached hydrogens (tertiary/aromatic N) is 6. The fraction of sp³-hybridized carbons (Fsp3) is 0.263. The molecule has 3 aromatic heterocycles. The number of aryl methyl sites for hydroxylation is 1. The van der Waals surface area contributed by atoms with Gasteiger partial charge in [0.1, 0.15) is 12.1 Å². The molecule has 0 bridgehead atoms. The van der Waals surface area contributed by atoms with Crippen molar-refractivity contribution in [1.29, 1.82) is 0 Å². The molecule has 0 aliphatic carbocycles. The van der Waals surface area contributed by atoms with E-state index in [1.165, 1.54) is 0 Å². The van der Waals surface area contributed by atoms with Crippen molar-refractivity contribution in [3.8, 4) is 11.4 Å². The molecule has 0 aliphatic heterocycles. The van der Waals surface area contributed by atoms with Crippen molar-refractivity contribution in [1.82, 2.24) is 29.6 Å². The molecular formula is C19H21N7O. The summed E-state index contributed by atoms with van der Waals surface area (Å²) in [6.45, 7) is 6.11. The van der Waals surface area contributed by atoms with Crippen molar-refractivity contribution in [3.63, 3.8) is 0 Å². The van der Waals surface area contributed by atoms with Crippen molar-refractivity contribution in [2.75, 3.05) is 12.4 Å². The molecule has 138 valence electrons.